The smallest absolute Gasteiger partial charge is 0.181 e. The molecule has 0 bridgehead atoms. The van der Waals surface area contributed by atoms with Crippen molar-refractivity contribution in [2.75, 3.05) is 5.73 Å². The van der Waals surface area contributed by atoms with E-state index >= 15 is 0 Å². The summed E-state index contributed by atoms with van der Waals surface area (Å²) >= 11 is 0. The van der Waals surface area contributed by atoms with Crippen LogP contribution in [0.5, 0.6) is 0 Å². The molecule has 0 spiro atoms. The summed E-state index contributed by atoms with van der Waals surface area (Å²) in [6, 6.07) is 9.58. The Hall–Kier alpha value is -2.63. The first-order valence-corrected chi connectivity index (χ1v) is 6.37. The highest BCUT2D eigenvalue weighted by molar-refractivity contribution is 5.57. The second kappa shape index (κ2) is 4.80. The van der Waals surface area contributed by atoms with Crippen molar-refractivity contribution >= 4 is 5.69 Å². The van der Waals surface area contributed by atoms with Gasteiger partial charge in [-0.2, -0.15) is 10.2 Å². The van der Waals surface area contributed by atoms with Crippen LogP contribution in [0.25, 0.3) is 11.4 Å². The summed E-state index contributed by atoms with van der Waals surface area (Å²) < 4.78 is 3.67. The fourth-order valence-electron chi connectivity index (χ4n) is 2.11. The minimum absolute atomic E-state index is 0.652. The Kier molecular flexibility index (Phi) is 2.98. The Labute approximate surface area is 116 Å². The lowest BCUT2D eigenvalue weighted by Crippen LogP contribution is -2.06. The van der Waals surface area contributed by atoms with Crippen LogP contribution in [0.15, 0.2) is 36.7 Å². The number of benzene rings is 1. The first-order chi connectivity index (χ1) is 9.61. The molecule has 0 saturated carbocycles. The molecule has 0 amide bonds. The largest absolute Gasteiger partial charge is 0.399 e. The number of hydrogen-bond acceptors (Lipinski definition) is 4. The van der Waals surface area contributed by atoms with Gasteiger partial charge in [-0.3, -0.25) is 4.68 Å². The van der Waals surface area contributed by atoms with Gasteiger partial charge < -0.3 is 5.73 Å². The molecule has 0 atom stereocenters. The highest BCUT2D eigenvalue weighted by Crippen LogP contribution is 2.16. The van der Waals surface area contributed by atoms with Gasteiger partial charge in [-0.1, -0.05) is 0 Å². The molecule has 20 heavy (non-hydrogen) atoms. The molecule has 0 saturated heterocycles. The van der Waals surface area contributed by atoms with E-state index in [-0.39, 0.29) is 0 Å². The highest BCUT2D eigenvalue weighted by Gasteiger charge is 2.07. The van der Waals surface area contributed by atoms with Crippen LogP contribution in [-0.2, 0) is 13.6 Å². The van der Waals surface area contributed by atoms with Gasteiger partial charge in [0, 0.05) is 18.3 Å². The second-order valence-corrected chi connectivity index (χ2v) is 4.79. The highest BCUT2D eigenvalue weighted by atomic mass is 15.3. The van der Waals surface area contributed by atoms with Crippen molar-refractivity contribution in [2.24, 2.45) is 7.05 Å². The molecule has 0 fully saturated rings. The van der Waals surface area contributed by atoms with E-state index in [0.717, 1.165) is 22.6 Å². The van der Waals surface area contributed by atoms with Gasteiger partial charge in [-0.05, 0) is 37.3 Å². The fraction of sp³-hybridized carbons (Fsp3) is 0.214. The van der Waals surface area contributed by atoms with Gasteiger partial charge in [-0.15, -0.1) is 0 Å². The second-order valence-electron chi connectivity index (χ2n) is 4.79. The van der Waals surface area contributed by atoms with E-state index < -0.39 is 0 Å². The quantitative estimate of drug-likeness (QED) is 0.732. The van der Waals surface area contributed by atoms with Gasteiger partial charge in [-0.25, -0.2) is 9.67 Å². The fourth-order valence-corrected chi connectivity index (χ4v) is 2.11. The molecular formula is C14H16N6. The van der Waals surface area contributed by atoms with Crippen molar-refractivity contribution in [1.29, 1.82) is 0 Å². The van der Waals surface area contributed by atoms with Gasteiger partial charge in [0.05, 0.1) is 17.9 Å². The number of aromatic nitrogens is 5. The summed E-state index contributed by atoms with van der Waals surface area (Å²) in [6.45, 7) is 2.63. The van der Waals surface area contributed by atoms with Crippen LogP contribution in [-0.4, -0.2) is 24.5 Å². The van der Waals surface area contributed by atoms with Gasteiger partial charge in [0.1, 0.15) is 6.33 Å². The topological polar surface area (TPSA) is 74.6 Å². The lowest BCUT2D eigenvalue weighted by molar-refractivity contribution is 0.618. The molecule has 0 aliphatic heterocycles. The Morgan fingerprint density at radius 2 is 1.90 bits per heavy atom. The Bertz CT molecular complexity index is 722. The first kappa shape index (κ1) is 12.4. The van der Waals surface area contributed by atoms with Gasteiger partial charge in [0.15, 0.2) is 5.82 Å². The number of nitrogens with two attached hydrogens (primary N) is 1. The molecule has 6 nitrogen and oxygen atoms in total. The summed E-state index contributed by atoms with van der Waals surface area (Å²) in [4.78, 5) is 4.33. The average Bonchev–Trinajstić information content (AvgIpc) is 2.98. The predicted octanol–water partition coefficient (Wildman–Crippen LogP) is 1.62. The van der Waals surface area contributed by atoms with E-state index in [4.69, 9.17) is 5.73 Å². The molecule has 3 aromatic rings. The Morgan fingerprint density at radius 3 is 2.55 bits per heavy atom. The maximum absolute atomic E-state index is 5.68. The molecular weight excluding hydrogens is 252 g/mol. The first-order valence-electron chi connectivity index (χ1n) is 6.37. The average molecular weight is 268 g/mol. The van der Waals surface area contributed by atoms with E-state index in [1.807, 2.05) is 53.7 Å². The van der Waals surface area contributed by atoms with Crippen LogP contribution in [0, 0.1) is 6.92 Å². The van der Waals surface area contributed by atoms with Crippen LogP contribution in [0.1, 0.15) is 11.4 Å². The minimum Gasteiger partial charge on any atom is -0.399 e. The molecule has 2 N–H and O–H groups in total. The van der Waals surface area contributed by atoms with Crippen molar-refractivity contribution in [2.45, 2.75) is 13.5 Å². The maximum atomic E-state index is 5.68. The molecule has 0 radical (unpaired) electrons. The standard InChI is InChI=1S/C14H16N6/c1-10-7-13(19(2)17-10)8-20-9-16-14(18-20)11-3-5-12(15)6-4-11/h3-7,9H,8,15H2,1-2H3. The summed E-state index contributed by atoms with van der Waals surface area (Å²) in [5, 5.41) is 8.80. The normalized spacial score (nSPS) is 10.9. The van der Waals surface area contributed by atoms with Crippen molar-refractivity contribution in [3.63, 3.8) is 0 Å². The summed E-state index contributed by atoms with van der Waals surface area (Å²) in [5.41, 5.74) is 9.46. The van der Waals surface area contributed by atoms with E-state index in [2.05, 4.69) is 15.2 Å². The number of nitrogen functional groups attached to an aromatic ring is 1. The summed E-state index contributed by atoms with van der Waals surface area (Å²) in [7, 11) is 1.93. The molecule has 102 valence electrons. The number of anilines is 1. The molecule has 0 aliphatic rings. The third-order valence-corrected chi connectivity index (χ3v) is 3.13. The lowest BCUT2D eigenvalue weighted by atomic mass is 10.2. The molecule has 2 heterocycles. The van der Waals surface area contributed by atoms with Crippen LogP contribution in [0.4, 0.5) is 5.69 Å². The van der Waals surface area contributed by atoms with Crippen molar-refractivity contribution in [3.05, 3.63) is 48.0 Å². The Morgan fingerprint density at radius 1 is 1.15 bits per heavy atom. The monoisotopic (exact) mass is 268 g/mol. The molecule has 2 aromatic heterocycles. The molecule has 3 rings (SSSR count). The van der Waals surface area contributed by atoms with Crippen LogP contribution >= 0.6 is 0 Å². The zero-order valence-electron chi connectivity index (χ0n) is 11.5. The third-order valence-electron chi connectivity index (χ3n) is 3.13. The van der Waals surface area contributed by atoms with Gasteiger partial charge in [0.25, 0.3) is 0 Å². The molecule has 0 unspecified atom stereocenters. The van der Waals surface area contributed by atoms with Gasteiger partial charge in [0.2, 0.25) is 0 Å². The van der Waals surface area contributed by atoms with E-state index in [0.29, 0.717) is 12.4 Å². The Balaban J connectivity index is 1.83. The van der Waals surface area contributed by atoms with Crippen LogP contribution in [0.2, 0.25) is 0 Å². The zero-order chi connectivity index (χ0) is 14.1. The van der Waals surface area contributed by atoms with Gasteiger partial charge >= 0.3 is 0 Å². The minimum atomic E-state index is 0.652. The van der Waals surface area contributed by atoms with E-state index in [9.17, 15) is 0 Å². The lowest BCUT2D eigenvalue weighted by Gasteiger charge is -2.01. The van der Waals surface area contributed by atoms with Crippen molar-refractivity contribution < 1.29 is 0 Å². The third kappa shape index (κ3) is 2.40. The van der Waals surface area contributed by atoms with Crippen molar-refractivity contribution in [3.8, 4) is 11.4 Å². The van der Waals surface area contributed by atoms with Crippen LogP contribution in [0.3, 0.4) is 0 Å². The number of nitrogens with zero attached hydrogens (tertiary/aromatic N) is 5. The SMILES string of the molecule is Cc1cc(Cn2cnc(-c3ccc(N)cc3)n2)n(C)n1. The zero-order valence-corrected chi connectivity index (χ0v) is 11.5. The number of rotatable bonds is 3. The van der Waals surface area contributed by atoms with Crippen LogP contribution < -0.4 is 5.73 Å². The predicted molar refractivity (Wildman–Crippen MR) is 76.9 cm³/mol. The number of aryl methyl sites for hydroxylation is 2. The van der Waals surface area contributed by atoms with E-state index in [1.54, 1.807) is 6.33 Å². The summed E-state index contributed by atoms with van der Waals surface area (Å²) in [5.74, 6) is 0.698. The van der Waals surface area contributed by atoms with E-state index in [1.165, 1.54) is 0 Å². The molecule has 6 heteroatoms. The van der Waals surface area contributed by atoms with Crippen molar-refractivity contribution in [1.82, 2.24) is 24.5 Å². The summed E-state index contributed by atoms with van der Waals surface area (Å²) in [6.07, 6.45) is 1.73. The maximum Gasteiger partial charge on any atom is 0.181 e. The molecule has 1 aromatic carbocycles. The number of hydrogen-bond donors (Lipinski definition) is 1. The molecule has 0 aliphatic carbocycles.